The minimum atomic E-state index is -0.0272. The van der Waals surface area contributed by atoms with Gasteiger partial charge in [0.15, 0.2) is 0 Å². The zero-order valence-electron chi connectivity index (χ0n) is 20.7. The number of ether oxygens (including phenoxy) is 1. The summed E-state index contributed by atoms with van der Waals surface area (Å²) in [6, 6.07) is 21.6. The molecule has 2 N–H and O–H groups in total. The number of pyridine rings is 1. The summed E-state index contributed by atoms with van der Waals surface area (Å²) in [5.41, 5.74) is 4.64. The summed E-state index contributed by atoms with van der Waals surface area (Å²) in [5.74, 6) is 0.808. The molecule has 1 amide bonds. The van der Waals surface area contributed by atoms with Crippen LogP contribution in [0, 0.1) is 0 Å². The predicted molar refractivity (Wildman–Crippen MR) is 141 cm³/mol. The monoisotopic (exact) mass is 473 g/mol. The number of rotatable bonds is 9. The third-order valence-electron chi connectivity index (χ3n) is 6.42. The SMILES string of the molecule is COc1ccc(-c2ccc/c(=N/CNc3ccc(C(=O)NCCN4CCCCC4)cc3)n2C)cc1. The van der Waals surface area contributed by atoms with Crippen LogP contribution in [0.25, 0.3) is 11.3 Å². The first-order valence-corrected chi connectivity index (χ1v) is 12.3. The van der Waals surface area contributed by atoms with E-state index in [1.807, 2.05) is 67.7 Å². The van der Waals surface area contributed by atoms with Gasteiger partial charge in [-0.1, -0.05) is 12.5 Å². The fraction of sp³-hybridized carbons (Fsp3) is 0.357. The molecule has 1 fully saturated rings. The second kappa shape index (κ2) is 12.2. The fourth-order valence-corrected chi connectivity index (χ4v) is 4.35. The number of amides is 1. The summed E-state index contributed by atoms with van der Waals surface area (Å²) in [7, 11) is 3.68. The standard InChI is InChI=1S/C28H35N5O2/c1-32-26(22-11-15-25(35-2)16-12-22)7-6-8-27(32)31-21-30-24-13-9-23(10-14-24)28(34)29-17-20-33-18-4-3-5-19-33/h6-16,30H,3-5,17-21H2,1-2H3,(H,29,34)/b31-27-. The largest absolute Gasteiger partial charge is 0.497 e. The van der Waals surface area contributed by atoms with E-state index in [0.29, 0.717) is 18.8 Å². The lowest BCUT2D eigenvalue weighted by atomic mass is 10.1. The van der Waals surface area contributed by atoms with Crippen molar-refractivity contribution in [1.82, 2.24) is 14.8 Å². The molecule has 1 aliphatic rings. The average molecular weight is 474 g/mol. The van der Waals surface area contributed by atoms with E-state index in [1.165, 1.54) is 19.3 Å². The molecule has 0 spiro atoms. The van der Waals surface area contributed by atoms with Crippen molar-refractivity contribution in [2.45, 2.75) is 19.3 Å². The van der Waals surface area contributed by atoms with Crippen LogP contribution in [0.15, 0.2) is 71.7 Å². The van der Waals surface area contributed by atoms with Crippen molar-refractivity contribution in [3.05, 3.63) is 77.8 Å². The van der Waals surface area contributed by atoms with Gasteiger partial charge >= 0.3 is 0 Å². The quantitative estimate of drug-likeness (QED) is 0.495. The number of carbonyl (C=O) groups excluding carboxylic acids is 1. The lowest BCUT2D eigenvalue weighted by molar-refractivity contribution is 0.0946. The van der Waals surface area contributed by atoms with Crippen molar-refractivity contribution in [3.8, 4) is 17.0 Å². The molecule has 4 rings (SSSR count). The molecule has 35 heavy (non-hydrogen) atoms. The van der Waals surface area contributed by atoms with Gasteiger partial charge in [-0.2, -0.15) is 0 Å². The van der Waals surface area contributed by atoms with Gasteiger partial charge in [0, 0.05) is 37.1 Å². The van der Waals surface area contributed by atoms with Crippen molar-refractivity contribution < 1.29 is 9.53 Å². The summed E-state index contributed by atoms with van der Waals surface area (Å²) >= 11 is 0. The van der Waals surface area contributed by atoms with Crippen LogP contribution >= 0.6 is 0 Å². The Hall–Kier alpha value is -3.58. The van der Waals surface area contributed by atoms with Crippen LogP contribution < -0.4 is 20.9 Å². The Bertz CT molecular complexity index is 1160. The number of carbonyl (C=O) groups is 1. The number of methoxy groups -OCH3 is 1. The highest BCUT2D eigenvalue weighted by Gasteiger charge is 2.10. The molecule has 7 heteroatoms. The highest BCUT2D eigenvalue weighted by molar-refractivity contribution is 5.94. The van der Waals surface area contributed by atoms with Crippen molar-refractivity contribution in [2.24, 2.45) is 12.0 Å². The highest BCUT2D eigenvalue weighted by Crippen LogP contribution is 2.20. The van der Waals surface area contributed by atoms with Gasteiger partial charge in [0.25, 0.3) is 5.91 Å². The van der Waals surface area contributed by atoms with E-state index in [1.54, 1.807) is 7.11 Å². The minimum Gasteiger partial charge on any atom is -0.497 e. The van der Waals surface area contributed by atoms with Gasteiger partial charge in [-0.15, -0.1) is 0 Å². The number of nitrogens with zero attached hydrogens (tertiary/aromatic N) is 3. The van der Waals surface area contributed by atoms with Crippen LogP contribution in [-0.2, 0) is 7.05 Å². The molecule has 0 aliphatic carbocycles. The minimum absolute atomic E-state index is 0.0272. The third-order valence-corrected chi connectivity index (χ3v) is 6.42. The molecule has 1 aromatic heterocycles. The Morgan fingerprint density at radius 3 is 2.43 bits per heavy atom. The molecule has 0 atom stereocenters. The Morgan fingerprint density at radius 2 is 1.71 bits per heavy atom. The van der Waals surface area contributed by atoms with Gasteiger partial charge in [0.1, 0.15) is 17.9 Å². The van der Waals surface area contributed by atoms with Crippen molar-refractivity contribution in [2.75, 3.05) is 45.3 Å². The summed E-state index contributed by atoms with van der Waals surface area (Å²) in [6.45, 7) is 4.33. The number of benzene rings is 2. The summed E-state index contributed by atoms with van der Waals surface area (Å²) in [4.78, 5) is 19.6. The molecule has 3 aromatic rings. The Morgan fingerprint density at radius 1 is 0.971 bits per heavy atom. The smallest absolute Gasteiger partial charge is 0.251 e. The van der Waals surface area contributed by atoms with Crippen LogP contribution in [0.3, 0.4) is 0 Å². The third kappa shape index (κ3) is 6.73. The summed E-state index contributed by atoms with van der Waals surface area (Å²) in [5, 5.41) is 6.34. The molecule has 0 radical (unpaired) electrons. The van der Waals surface area contributed by atoms with Gasteiger partial charge in [-0.3, -0.25) is 4.79 Å². The molecule has 0 saturated carbocycles. The maximum absolute atomic E-state index is 12.4. The first-order chi connectivity index (χ1) is 17.1. The second-order valence-corrected chi connectivity index (χ2v) is 8.79. The van der Waals surface area contributed by atoms with Gasteiger partial charge in [0.2, 0.25) is 0 Å². The first kappa shape index (κ1) is 24.5. The molecule has 2 heterocycles. The van der Waals surface area contributed by atoms with Crippen molar-refractivity contribution in [1.29, 1.82) is 0 Å². The van der Waals surface area contributed by atoms with Crippen LogP contribution in [0.1, 0.15) is 29.6 Å². The molecule has 7 nitrogen and oxygen atoms in total. The van der Waals surface area contributed by atoms with Crippen LogP contribution in [0.2, 0.25) is 0 Å². The maximum Gasteiger partial charge on any atom is 0.251 e. The van der Waals surface area contributed by atoms with Crippen molar-refractivity contribution in [3.63, 3.8) is 0 Å². The van der Waals surface area contributed by atoms with E-state index in [2.05, 4.69) is 26.2 Å². The predicted octanol–water partition coefficient (Wildman–Crippen LogP) is 3.89. The molecular weight excluding hydrogens is 438 g/mol. The zero-order chi connectivity index (χ0) is 24.5. The van der Waals surface area contributed by atoms with E-state index in [9.17, 15) is 4.79 Å². The normalized spacial score (nSPS) is 14.5. The number of hydrogen-bond acceptors (Lipinski definition) is 5. The van der Waals surface area contributed by atoms with E-state index in [4.69, 9.17) is 9.73 Å². The average Bonchev–Trinajstić information content (AvgIpc) is 2.91. The topological polar surface area (TPSA) is 70.9 Å². The number of hydrogen-bond donors (Lipinski definition) is 2. The first-order valence-electron chi connectivity index (χ1n) is 12.3. The van der Waals surface area contributed by atoms with Crippen LogP contribution in [0.4, 0.5) is 5.69 Å². The molecule has 2 aromatic carbocycles. The molecular formula is C28H35N5O2. The summed E-state index contributed by atoms with van der Waals surface area (Å²) in [6.07, 6.45) is 3.85. The van der Waals surface area contributed by atoms with E-state index in [0.717, 1.165) is 47.8 Å². The van der Waals surface area contributed by atoms with Crippen molar-refractivity contribution >= 4 is 11.6 Å². The van der Waals surface area contributed by atoms with E-state index < -0.39 is 0 Å². The van der Waals surface area contributed by atoms with Gasteiger partial charge in [0.05, 0.1) is 7.11 Å². The Labute approximate surface area is 207 Å². The lowest BCUT2D eigenvalue weighted by Gasteiger charge is -2.26. The number of anilines is 1. The summed E-state index contributed by atoms with van der Waals surface area (Å²) < 4.78 is 7.33. The fourth-order valence-electron chi connectivity index (χ4n) is 4.35. The van der Waals surface area contributed by atoms with Crippen LogP contribution in [0.5, 0.6) is 5.75 Å². The number of aromatic nitrogens is 1. The lowest BCUT2D eigenvalue weighted by Crippen LogP contribution is -2.37. The Balaban J connectivity index is 1.31. The van der Waals surface area contributed by atoms with E-state index >= 15 is 0 Å². The molecule has 184 valence electrons. The van der Waals surface area contributed by atoms with Crippen LogP contribution in [-0.4, -0.2) is 55.3 Å². The Kier molecular flexibility index (Phi) is 8.57. The number of nitrogens with one attached hydrogen (secondary N) is 2. The van der Waals surface area contributed by atoms with Gasteiger partial charge in [-0.25, -0.2) is 4.99 Å². The zero-order valence-corrected chi connectivity index (χ0v) is 20.7. The second-order valence-electron chi connectivity index (χ2n) is 8.79. The van der Waals surface area contributed by atoms with Gasteiger partial charge in [-0.05, 0) is 92.2 Å². The maximum atomic E-state index is 12.4. The number of piperidine rings is 1. The molecule has 0 bridgehead atoms. The number of likely N-dealkylation sites (tertiary alicyclic amines) is 1. The molecule has 1 saturated heterocycles. The molecule has 0 unspecified atom stereocenters. The highest BCUT2D eigenvalue weighted by atomic mass is 16.5. The molecule has 1 aliphatic heterocycles. The van der Waals surface area contributed by atoms with Gasteiger partial charge < -0.3 is 24.8 Å². The van der Waals surface area contributed by atoms with E-state index in [-0.39, 0.29) is 5.91 Å².